The van der Waals surface area contributed by atoms with Crippen LogP contribution in [-0.2, 0) is 4.79 Å². The summed E-state index contributed by atoms with van der Waals surface area (Å²) in [5.41, 5.74) is 1.89. The van der Waals surface area contributed by atoms with Crippen LogP contribution in [0.3, 0.4) is 0 Å². The summed E-state index contributed by atoms with van der Waals surface area (Å²) in [7, 11) is 1.90. The first-order valence-electron chi connectivity index (χ1n) is 3.78. The summed E-state index contributed by atoms with van der Waals surface area (Å²) in [5, 5.41) is 2.78. The van der Waals surface area contributed by atoms with Gasteiger partial charge in [-0.25, -0.2) is 0 Å². The summed E-state index contributed by atoms with van der Waals surface area (Å²) in [6.07, 6.45) is 0. The standard InChI is InChI=1S/C9H9N2O/c1-11-6-9(12)10-7-4-2-3-5-8(7)11/h3-5H,6H2,1H3,(H,10,12). The number of hydrogen-bond donors (Lipinski definition) is 1. The number of carbonyl (C=O) groups excluding carboxylic acids is 1. The first kappa shape index (κ1) is 7.16. The Morgan fingerprint density at radius 1 is 1.67 bits per heavy atom. The zero-order valence-corrected chi connectivity index (χ0v) is 6.79. The maximum absolute atomic E-state index is 11.1. The average Bonchev–Trinajstić information content (AvgIpc) is 2.04. The van der Waals surface area contributed by atoms with Crippen molar-refractivity contribution in [1.82, 2.24) is 0 Å². The Morgan fingerprint density at radius 2 is 2.50 bits per heavy atom. The molecule has 12 heavy (non-hydrogen) atoms. The summed E-state index contributed by atoms with van der Waals surface area (Å²) >= 11 is 0. The average molecular weight is 161 g/mol. The number of anilines is 2. The summed E-state index contributed by atoms with van der Waals surface area (Å²) < 4.78 is 0. The van der Waals surface area contributed by atoms with Gasteiger partial charge in [-0.3, -0.25) is 4.79 Å². The van der Waals surface area contributed by atoms with Crippen LogP contribution in [0.25, 0.3) is 0 Å². The number of fused-ring (bicyclic) bond motifs is 1. The highest BCUT2D eigenvalue weighted by molar-refractivity contribution is 6.00. The van der Waals surface area contributed by atoms with Crippen LogP contribution in [0.2, 0.25) is 0 Å². The third kappa shape index (κ3) is 1.03. The van der Waals surface area contributed by atoms with Crippen LogP contribution in [0, 0.1) is 6.07 Å². The van der Waals surface area contributed by atoms with Crippen molar-refractivity contribution in [2.45, 2.75) is 0 Å². The molecule has 1 aliphatic rings. The lowest BCUT2D eigenvalue weighted by molar-refractivity contribution is -0.115. The lowest BCUT2D eigenvalue weighted by Gasteiger charge is -2.26. The van der Waals surface area contributed by atoms with E-state index in [1.54, 1.807) is 6.07 Å². The van der Waals surface area contributed by atoms with Gasteiger partial charge in [0.1, 0.15) is 0 Å². The van der Waals surface area contributed by atoms with Crippen molar-refractivity contribution in [3.8, 4) is 0 Å². The van der Waals surface area contributed by atoms with Crippen molar-refractivity contribution < 1.29 is 4.79 Å². The van der Waals surface area contributed by atoms with E-state index in [0.717, 1.165) is 11.4 Å². The third-order valence-corrected chi connectivity index (χ3v) is 1.91. The molecule has 0 saturated carbocycles. The van der Waals surface area contributed by atoms with Gasteiger partial charge in [0.25, 0.3) is 0 Å². The van der Waals surface area contributed by atoms with E-state index < -0.39 is 0 Å². The number of benzene rings is 1. The van der Waals surface area contributed by atoms with E-state index in [4.69, 9.17) is 0 Å². The van der Waals surface area contributed by atoms with Gasteiger partial charge in [-0.05, 0) is 18.2 Å². The van der Waals surface area contributed by atoms with Crippen molar-refractivity contribution in [1.29, 1.82) is 0 Å². The molecule has 1 heterocycles. The highest BCUT2D eigenvalue weighted by Gasteiger charge is 2.17. The SMILES string of the molecule is CN1CC(=O)Nc2c[c]ccc21. The molecule has 1 radical (unpaired) electrons. The number of amides is 1. The Hall–Kier alpha value is -1.51. The lowest BCUT2D eigenvalue weighted by Crippen LogP contribution is -2.35. The van der Waals surface area contributed by atoms with Crippen LogP contribution in [0.5, 0.6) is 0 Å². The molecule has 0 spiro atoms. The maximum atomic E-state index is 11.1. The van der Waals surface area contributed by atoms with Crippen molar-refractivity contribution in [3.63, 3.8) is 0 Å². The second kappa shape index (κ2) is 2.52. The summed E-state index contributed by atoms with van der Waals surface area (Å²) in [4.78, 5) is 13.0. The fraction of sp³-hybridized carbons (Fsp3) is 0.222. The van der Waals surface area contributed by atoms with Gasteiger partial charge in [0, 0.05) is 7.05 Å². The predicted molar refractivity (Wildman–Crippen MR) is 47.2 cm³/mol. The molecule has 0 saturated heterocycles. The monoisotopic (exact) mass is 161 g/mol. The van der Waals surface area contributed by atoms with E-state index in [-0.39, 0.29) is 5.91 Å². The fourth-order valence-electron chi connectivity index (χ4n) is 1.35. The van der Waals surface area contributed by atoms with Gasteiger partial charge in [-0.1, -0.05) is 6.07 Å². The summed E-state index contributed by atoms with van der Waals surface area (Å²) in [6.45, 7) is 0.428. The molecule has 3 nitrogen and oxygen atoms in total. The molecule has 1 amide bonds. The van der Waals surface area contributed by atoms with Crippen LogP contribution >= 0.6 is 0 Å². The van der Waals surface area contributed by atoms with E-state index in [2.05, 4.69) is 11.4 Å². The molecule has 0 aromatic heterocycles. The minimum absolute atomic E-state index is 0.0320. The largest absolute Gasteiger partial charge is 0.364 e. The molecule has 1 aliphatic heterocycles. The summed E-state index contributed by atoms with van der Waals surface area (Å²) in [6, 6.07) is 8.48. The summed E-state index contributed by atoms with van der Waals surface area (Å²) in [5.74, 6) is 0.0320. The molecular formula is C9H9N2O. The second-order valence-corrected chi connectivity index (χ2v) is 2.85. The number of nitrogens with one attached hydrogen (secondary N) is 1. The molecule has 3 heteroatoms. The zero-order chi connectivity index (χ0) is 8.55. The topological polar surface area (TPSA) is 32.3 Å². The first-order valence-corrected chi connectivity index (χ1v) is 3.78. The van der Waals surface area contributed by atoms with E-state index in [9.17, 15) is 4.79 Å². The molecule has 0 unspecified atom stereocenters. The number of nitrogens with zero attached hydrogens (tertiary/aromatic N) is 1. The number of rotatable bonds is 0. The Labute approximate surface area is 71.0 Å². The van der Waals surface area contributed by atoms with Gasteiger partial charge >= 0.3 is 0 Å². The Balaban J connectivity index is 2.47. The molecule has 1 aromatic carbocycles. The van der Waals surface area contributed by atoms with Crippen LogP contribution in [0.4, 0.5) is 11.4 Å². The molecular weight excluding hydrogens is 152 g/mol. The van der Waals surface area contributed by atoms with E-state index >= 15 is 0 Å². The Bertz CT molecular complexity index is 322. The maximum Gasteiger partial charge on any atom is 0.243 e. The van der Waals surface area contributed by atoms with Crippen LogP contribution in [0.1, 0.15) is 0 Å². The van der Waals surface area contributed by atoms with Gasteiger partial charge in [-0.2, -0.15) is 0 Å². The molecule has 1 aromatic rings. The van der Waals surface area contributed by atoms with Gasteiger partial charge in [-0.15, -0.1) is 0 Å². The van der Waals surface area contributed by atoms with Crippen molar-refractivity contribution >= 4 is 17.3 Å². The van der Waals surface area contributed by atoms with Crippen LogP contribution in [0.15, 0.2) is 18.2 Å². The first-order chi connectivity index (χ1) is 5.77. The van der Waals surface area contributed by atoms with Gasteiger partial charge in [0.15, 0.2) is 0 Å². The van der Waals surface area contributed by atoms with Gasteiger partial charge in [0.2, 0.25) is 5.91 Å². The van der Waals surface area contributed by atoms with Crippen molar-refractivity contribution in [3.05, 3.63) is 24.3 Å². The van der Waals surface area contributed by atoms with E-state index in [1.807, 2.05) is 24.1 Å². The lowest BCUT2D eigenvalue weighted by atomic mass is 10.2. The Kier molecular flexibility index (Phi) is 1.50. The molecule has 0 aliphatic carbocycles. The minimum Gasteiger partial charge on any atom is -0.364 e. The quantitative estimate of drug-likeness (QED) is 0.612. The molecule has 61 valence electrons. The fourth-order valence-corrected chi connectivity index (χ4v) is 1.35. The smallest absolute Gasteiger partial charge is 0.243 e. The van der Waals surface area contributed by atoms with Gasteiger partial charge in [0.05, 0.1) is 17.9 Å². The van der Waals surface area contributed by atoms with E-state index in [1.165, 1.54) is 0 Å². The predicted octanol–water partition coefficient (Wildman–Crippen LogP) is 0.875. The van der Waals surface area contributed by atoms with Crippen molar-refractivity contribution in [2.75, 3.05) is 23.8 Å². The normalized spacial score (nSPS) is 15.4. The molecule has 0 fully saturated rings. The van der Waals surface area contributed by atoms with Crippen molar-refractivity contribution in [2.24, 2.45) is 0 Å². The highest BCUT2D eigenvalue weighted by atomic mass is 16.2. The number of carbonyl (C=O) groups is 1. The highest BCUT2D eigenvalue weighted by Crippen LogP contribution is 2.26. The zero-order valence-electron chi connectivity index (χ0n) is 6.79. The van der Waals surface area contributed by atoms with Crippen LogP contribution in [-0.4, -0.2) is 19.5 Å². The Morgan fingerprint density at radius 3 is 3.33 bits per heavy atom. The molecule has 1 N–H and O–H groups in total. The molecule has 0 atom stereocenters. The molecule has 2 rings (SSSR count). The third-order valence-electron chi connectivity index (χ3n) is 1.91. The van der Waals surface area contributed by atoms with Gasteiger partial charge < -0.3 is 10.2 Å². The van der Waals surface area contributed by atoms with Crippen LogP contribution < -0.4 is 10.2 Å². The molecule has 0 bridgehead atoms. The second-order valence-electron chi connectivity index (χ2n) is 2.85. The number of hydrogen-bond acceptors (Lipinski definition) is 2. The van der Waals surface area contributed by atoms with E-state index in [0.29, 0.717) is 6.54 Å². The number of likely N-dealkylation sites (N-methyl/N-ethyl adjacent to an activating group) is 1. The minimum atomic E-state index is 0.0320.